The van der Waals surface area contributed by atoms with E-state index in [2.05, 4.69) is 10.2 Å². The van der Waals surface area contributed by atoms with Crippen LogP contribution in [0.15, 0.2) is 24.3 Å². The lowest BCUT2D eigenvalue weighted by Gasteiger charge is -2.46. The van der Waals surface area contributed by atoms with E-state index in [-0.39, 0.29) is 5.82 Å². The highest BCUT2D eigenvalue weighted by molar-refractivity contribution is 5.29. The van der Waals surface area contributed by atoms with Crippen molar-refractivity contribution in [2.24, 2.45) is 0 Å². The van der Waals surface area contributed by atoms with Crippen molar-refractivity contribution < 1.29 is 4.39 Å². The molecule has 0 unspecified atom stereocenters. The molecule has 2 nitrogen and oxygen atoms in total. The molecule has 18 heavy (non-hydrogen) atoms. The third kappa shape index (κ3) is 2.29. The first-order chi connectivity index (χ1) is 8.78. The smallest absolute Gasteiger partial charge is 0.123 e. The first-order valence-electron chi connectivity index (χ1n) is 6.98. The number of hydrogen-bond donors (Lipinski definition) is 1. The molecule has 1 N–H and O–H groups in total. The summed E-state index contributed by atoms with van der Waals surface area (Å²) in [6, 6.07) is 7.17. The Balaban J connectivity index is 1.74. The van der Waals surface area contributed by atoms with E-state index in [1.165, 1.54) is 24.8 Å². The van der Waals surface area contributed by atoms with Crippen molar-refractivity contribution in [3.05, 3.63) is 35.6 Å². The number of rotatable bonds is 3. The molecule has 0 atom stereocenters. The van der Waals surface area contributed by atoms with Crippen LogP contribution in [-0.2, 0) is 5.41 Å². The molecule has 0 spiro atoms. The first kappa shape index (κ1) is 12.1. The molecule has 0 aromatic heterocycles. The second kappa shape index (κ2) is 4.98. The third-order valence-electron chi connectivity index (χ3n) is 4.50. The van der Waals surface area contributed by atoms with E-state index in [0.29, 0.717) is 5.41 Å². The van der Waals surface area contributed by atoms with Gasteiger partial charge in [0.25, 0.3) is 0 Å². The molecule has 0 bridgehead atoms. The largest absolute Gasteiger partial charge is 0.314 e. The summed E-state index contributed by atoms with van der Waals surface area (Å²) in [4.78, 5) is 2.55. The minimum Gasteiger partial charge on any atom is -0.314 e. The van der Waals surface area contributed by atoms with Crippen molar-refractivity contribution in [3.63, 3.8) is 0 Å². The average Bonchev–Trinajstić information content (AvgIpc) is 2.36. The first-order valence-corrected chi connectivity index (χ1v) is 6.98. The van der Waals surface area contributed by atoms with E-state index in [4.69, 9.17) is 0 Å². The molecule has 1 aromatic carbocycles. The van der Waals surface area contributed by atoms with Crippen LogP contribution in [0.25, 0.3) is 0 Å². The number of hydrogen-bond acceptors (Lipinski definition) is 2. The Hall–Kier alpha value is -0.930. The Morgan fingerprint density at radius 1 is 1.11 bits per heavy atom. The van der Waals surface area contributed by atoms with E-state index in [0.717, 1.165) is 32.7 Å². The van der Waals surface area contributed by atoms with Crippen molar-refractivity contribution in [1.29, 1.82) is 0 Å². The maximum Gasteiger partial charge on any atom is 0.123 e. The van der Waals surface area contributed by atoms with Crippen molar-refractivity contribution in [3.8, 4) is 0 Å². The maximum atomic E-state index is 13.0. The highest BCUT2D eigenvalue weighted by Gasteiger charge is 2.40. The van der Waals surface area contributed by atoms with Gasteiger partial charge in [-0.05, 0) is 30.5 Å². The summed E-state index contributed by atoms with van der Waals surface area (Å²) >= 11 is 0. The molecule has 3 heteroatoms. The normalized spacial score (nSPS) is 23.6. The molecule has 1 saturated heterocycles. The Kier molecular flexibility index (Phi) is 3.35. The van der Waals surface area contributed by atoms with E-state index in [9.17, 15) is 4.39 Å². The van der Waals surface area contributed by atoms with Crippen molar-refractivity contribution in [1.82, 2.24) is 10.2 Å². The second-order valence-corrected chi connectivity index (χ2v) is 5.67. The summed E-state index contributed by atoms with van der Waals surface area (Å²) in [6.45, 7) is 5.62. The van der Waals surface area contributed by atoms with Gasteiger partial charge in [0, 0.05) is 38.1 Å². The van der Waals surface area contributed by atoms with Crippen molar-refractivity contribution in [2.45, 2.75) is 24.7 Å². The van der Waals surface area contributed by atoms with E-state index in [1.54, 1.807) is 12.1 Å². The Morgan fingerprint density at radius 2 is 1.78 bits per heavy atom. The van der Waals surface area contributed by atoms with Crippen LogP contribution in [0.2, 0.25) is 0 Å². The fraction of sp³-hybridized carbons (Fsp3) is 0.600. The molecule has 98 valence electrons. The fourth-order valence-electron chi connectivity index (χ4n) is 3.24. The van der Waals surface area contributed by atoms with Gasteiger partial charge in [-0.1, -0.05) is 18.6 Å². The van der Waals surface area contributed by atoms with Crippen LogP contribution in [0, 0.1) is 5.82 Å². The summed E-state index contributed by atoms with van der Waals surface area (Å²) in [5.74, 6) is -0.129. The highest BCUT2D eigenvalue weighted by Crippen LogP contribution is 2.44. The van der Waals surface area contributed by atoms with Crippen LogP contribution in [0.1, 0.15) is 24.8 Å². The number of benzene rings is 1. The Morgan fingerprint density at radius 3 is 2.33 bits per heavy atom. The predicted octanol–water partition coefficient (Wildman–Crippen LogP) is 2.15. The van der Waals surface area contributed by atoms with Gasteiger partial charge in [-0.2, -0.15) is 0 Å². The molecular weight excluding hydrogens is 227 g/mol. The monoisotopic (exact) mass is 248 g/mol. The van der Waals surface area contributed by atoms with Gasteiger partial charge in [-0.3, -0.25) is 4.90 Å². The zero-order valence-corrected chi connectivity index (χ0v) is 10.8. The quantitative estimate of drug-likeness (QED) is 0.882. The van der Waals surface area contributed by atoms with Gasteiger partial charge in [-0.15, -0.1) is 0 Å². The summed E-state index contributed by atoms with van der Waals surface area (Å²) in [7, 11) is 0. The lowest BCUT2D eigenvalue weighted by Crippen LogP contribution is -2.51. The van der Waals surface area contributed by atoms with Crippen LogP contribution in [0.5, 0.6) is 0 Å². The third-order valence-corrected chi connectivity index (χ3v) is 4.50. The number of piperazine rings is 1. The molecule has 1 aliphatic heterocycles. The molecule has 3 rings (SSSR count). The van der Waals surface area contributed by atoms with Crippen LogP contribution in [-0.4, -0.2) is 37.6 Å². The topological polar surface area (TPSA) is 15.3 Å². The molecule has 1 heterocycles. The number of nitrogens with zero attached hydrogens (tertiary/aromatic N) is 1. The van der Waals surface area contributed by atoms with E-state index in [1.807, 2.05) is 12.1 Å². The fourth-order valence-corrected chi connectivity index (χ4v) is 3.24. The number of nitrogens with one attached hydrogen (secondary N) is 1. The molecule has 1 aromatic rings. The van der Waals surface area contributed by atoms with Crippen molar-refractivity contribution in [2.75, 3.05) is 32.7 Å². The maximum absolute atomic E-state index is 13.0. The Bertz CT molecular complexity index is 391. The molecular formula is C15H21FN2. The van der Waals surface area contributed by atoms with Gasteiger partial charge in [0.05, 0.1) is 0 Å². The molecule has 2 fully saturated rings. The summed E-state index contributed by atoms with van der Waals surface area (Å²) in [5.41, 5.74) is 1.62. The minimum absolute atomic E-state index is 0.129. The van der Waals surface area contributed by atoms with Crippen LogP contribution in [0.4, 0.5) is 4.39 Å². The van der Waals surface area contributed by atoms with Gasteiger partial charge in [-0.25, -0.2) is 4.39 Å². The standard InChI is InChI=1S/C15H21FN2/c16-14-4-2-13(3-5-14)15(6-1-7-15)12-18-10-8-17-9-11-18/h2-5,17H,1,6-12H2. The van der Waals surface area contributed by atoms with Gasteiger partial charge in [0.15, 0.2) is 0 Å². The summed E-state index contributed by atoms with van der Waals surface area (Å²) < 4.78 is 13.0. The van der Waals surface area contributed by atoms with Crippen LogP contribution in [0.3, 0.4) is 0 Å². The lowest BCUT2D eigenvalue weighted by atomic mass is 9.64. The molecule has 0 amide bonds. The van der Waals surface area contributed by atoms with Gasteiger partial charge >= 0.3 is 0 Å². The second-order valence-electron chi connectivity index (χ2n) is 5.67. The molecule has 2 aliphatic rings. The molecule has 1 aliphatic carbocycles. The SMILES string of the molecule is Fc1ccc(C2(CN3CCNCC3)CCC2)cc1. The van der Waals surface area contributed by atoms with Crippen molar-refractivity contribution >= 4 is 0 Å². The van der Waals surface area contributed by atoms with E-state index >= 15 is 0 Å². The van der Waals surface area contributed by atoms with Crippen LogP contribution < -0.4 is 5.32 Å². The zero-order valence-electron chi connectivity index (χ0n) is 10.8. The molecule has 0 radical (unpaired) electrons. The highest BCUT2D eigenvalue weighted by atomic mass is 19.1. The van der Waals surface area contributed by atoms with Gasteiger partial charge in [0.1, 0.15) is 5.82 Å². The van der Waals surface area contributed by atoms with Crippen LogP contribution >= 0.6 is 0 Å². The average molecular weight is 248 g/mol. The summed E-state index contributed by atoms with van der Waals surface area (Å²) in [6.07, 6.45) is 3.81. The Labute approximate surface area is 108 Å². The summed E-state index contributed by atoms with van der Waals surface area (Å²) in [5, 5.41) is 3.39. The zero-order chi connectivity index (χ0) is 12.4. The molecule has 1 saturated carbocycles. The van der Waals surface area contributed by atoms with Gasteiger partial charge < -0.3 is 5.32 Å². The minimum atomic E-state index is -0.129. The lowest BCUT2D eigenvalue weighted by molar-refractivity contribution is 0.128. The number of halogens is 1. The predicted molar refractivity (Wildman–Crippen MR) is 71.2 cm³/mol. The van der Waals surface area contributed by atoms with Gasteiger partial charge in [0.2, 0.25) is 0 Å². The van der Waals surface area contributed by atoms with E-state index < -0.39 is 0 Å².